The Balaban J connectivity index is 1.53. The number of nitrogens with zero attached hydrogens (tertiary/aromatic N) is 2. The van der Waals surface area contributed by atoms with Gasteiger partial charge in [0.05, 0.1) is 38.5 Å². The van der Waals surface area contributed by atoms with Gasteiger partial charge in [0, 0.05) is 10.6 Å². The summed E-state index contributed by atoms with van der Waals surface area (Å²) in [6, 6.07) is 6.94. The number of fused-ring (bicyclic) bond motifs is 1. The number of aryl methyl sites for hydroxylation is 1. The van der Waals surface area contributed by atoms with Crippen LogP contribution in [0.2, 0.25) is 24.7 Å². The van der Waals surface area contributed by atoms with Crippen LogP contribution in [0.3, 0.4) is 0 Å². The van der Waals surface area contributed by atoms with Crippen molar-refractivity contribution in [3.05, 3.63) is 46.6 Å². The summed E-state index contributed by atoms with van der Waals surface area (Å²) in [7, 11) is -1.71. The van der Waals surface area contributed by atoms with Gasteiger partial charge in [-0.2, -0.15) is 5.10 Å². The number of carbonyl (C=O) groups excluding carboxylic acids is 2. The SMILES string of the molecule is Cc1ccccc1[C@@H](CO)NC(=O)N1Cc2c(NC(=O)C3([Si](C)(C)C)CCC3)n[nH]c2C1(C)C. The van der Waals surface area contributed by atoms with Crippen LogP contribution in [0.25, 0.3) is 0 Å². The van der Waals surface area contributed by atoms with Crippen LogP contribution in [0.4, 0.5) is 10.6 Å². The monoisotopic (exact) mass is 483 g/mol. The lowest BCUT2D eigenvalue weighted by molar-refractivity contribution is -0.121. The van der Waals surface area contributed by atoms with E-state index in [1.165, 1.54) is 0 Å². The minimum Gasteiger partial charge on any atom is -0.394 e. The summed E-state index contributed by atoms with van der Waals surface area (Å²) in [4.78, 5) is 28.4. The quantitative estimate of drug-likeness (QED) is 0.456. The third kappa shape index (κ3) is 3.84. The number of aromatic amines is 1. The topological polar surface area (TPSA) is 110 Å². The fourth-order valence-electron chi connectivity index (χ4n) is 5.45. The van der Waals surface area contributed by atoms with E-state index < -0.39 is 19.7 Å². The van der Waals surface area contributed by atoms with Gasteiger partial charge in [-0.15, -0.1) is 0 Å². The molecule has 8 nitrogen and oxygen atoms in total. The van der Waals surface area contributed by atoms with E-state index in [9.17, 15) is 14.7 Å². The number of anilines is 1. The van der Waals surface area contributed by atoms with Gasteiger partial charge in [-0.1, -0.05) is 50.3 Å². The number of aliphatic hydroxyl groups excluding tert-OH is 1. The largest absolute Gasteiger partial charge is 0.394 e. The molecule has 4 N–H and O–H groups in total. The zero-order chi connectivity index (χ0) is 24.9. The van der Waals surface area contributed by atoms with Crippen LogP contribution in [0.15, 0.2) is 24.3 Å². The smallest absolute Gasteiger partial charge is 0.319 e. The first kappa shape index (κ1) is 24.5. The molecule has 1 aromatic heterocycles. The Morgan fingerprint density at radius 2 is 1.91 bits per heavy atom. The molecule has 0 radical (unpaired) electrons. The molecule has 0 saturated heterocycles. The van der Waals surface area contributed by atoms with E-state index in [4.69, 9.17) is 0 Å². The summed E-state index contributed by atoms with van der Waals surface area (Å²) in [5.74, 6) is 0.582. The maximum absolute atomic E-state index is 13.4. The maximum atomic E-state index is 13.4. The summed E-state index contributed by atoms with van der Waals surface area (Å²) in [6.07, 6.45) is 2.95. The molecule has 9 heteroatoms. The minimum absolute atomic E-state index is 0.0628. The van der Waals surface area contributed by atoms with Gasteiger partial charge in [-0.05, 0) is 44.7 Å². The molecule has 1 aliphatic heterocycles. The van der Waals surface area contributed by atoms with Gasteiger partial charge in [0.2, 0.25) is 5.91 Å². The van der Waals surface area contributed by atoms with Gasteiger partial charge in [-0.3, -0.25) is 9.89 Å². The number of hydrogen-bond acceptors (Lipinski definition) is 4. The molecular weight excluding hydrogens is 446 g/mol. The van der Waals surface area contributed by atoms with Crippen molar-refractivity contribution < 1.29 is 14.7 Å². The molecule has 1 saturated carbocycles. The number of aromatic nitrogens is 2. The Morgan fingerprint density at radius 3 is 2.47 bits per heavy atom. The normalized spacial score (nSPS) is 19.2. The second kappa shape index (κ2) is 8.53. The molecule has 2 heterocycles. The molecule has 3 amide bonds. The van der Waals surface area contributed by atoms with Crippen LogP contribution in [0, 0.1) is 6.92 Å². The van der Waals surface area contributed by atoms with E-state index in [2.05, 4.69) is 40.5 Å². The Bertz CT molecular complexity index is 1100. The first-order chi connectivity index (χ1) is 15.9. The molecule has 4 rings (SSSR count). The highest BCUT2D eigenvalue weighted by atomic mass is 28.3. The van der Waals surface area contributed by atoms with Gasteiger partial charge in [0.15, 0.2) is 5.82 Å². The standard InChI is InChI=1S/C25H37N5O3Si/c1-16-10-7-8-11-17(16)19(15-31)26-23(33)30-14-18-20(24(30,2)3)28-29-21(18)27-22(32)25(12-9-13-25)34(4,5)6/h7-8,10-11,19,31H,9,12-15H2,1-6H3,(H,26,33)(H2,27,28,29,32)/t19-/m1/s1. The Labute approximate surface area is 202 Å². The number of carbonyl (C=O) groups is 2. The van der Waals surface area contributed by atoms with Gasteiger partial charge in [0.25, 0.3) is 0 Å². The summed E-state index contributed by atoms with van der Waals surface area (Å²) >= 11 is 0. The van der Waals surface area contributed by atoms with E-state index in [0.717, 1.165) is 41.6 Å². The van der Waals surface area contributed by atoms with Crippen LogP contribution in [0.1, 0.15) is 61.5 Å². The predicted octanol–water partition coefficient (Wildman–Crippen LogP) is 4.41. The molecule has 1 atom stereocenters. The van der Waals surface area contributed by atoms with Gasteiger partial charge in [-0.25, -0.2) is 4.79 Å². The molecule has 0 bridgehead atoms. The van der Waals surface area contributed by atoms with Crippen LogP contribution in [-0.2, 0) is 16.9 Å². The fourth-order valence-corrected chi connectivity index (χ4v) is 8.04. The minimum atomic E-state index is -1.71. The molecule has 34 heavy (non-hydrogen) atoms. The second-order valence-electron chi connectivity index (χ2n) is 11.3. The van der Waals surface area contributed by atoms with Crippen molar-refractivity contribution >= 4 is 25.8 Å². The highest BCUT2D eigenvalue weighted by Crippen LogP contribution is 2.56. The van der Waals surface area contributed by atoms with Gasteiger partial charge in [0.1, 0.15) is 0 Å². The Hall–Kier alpha value is -2.65. The van der Waals surface area contributed by atoms with Crippen molar-refractivity contribution in [3.8, 4) is 0 Å². The van der Waals surface area contributed by atoms with Crippen molar-refractivity contribution in [2.45, 2.75) is 82.8 Å². The van der Waals surface area contributed by atoms with Crippen molar-refractivity contribution in [1.82, 2.24) is 20.4 Å². The third-order valence-corrected chi connectivity index (χ3v) is 11.7. The lowest BCUT2D eigenvalue weighted by Crippen LogP contribution is -2.52. The Kier molecular flexibility index (Phi) is 6.14. The van der Waals surface area contributed by atoms with Crippen LogP contribution in [0.5, 0.6) is 0 Å². The summed E-state index contributed by atoms with van der Waals surface area (Å²) < 4.78 is 0. The van der Waals surface area contributed by atoms with Crippen molar-refractivity contribution in [1.29, 1.82) is 0 Å². The third-order valence-electron chi connectivity index (χ3n) is 8.07. The maximum Gasteiger partial charge on any atom is 0.319 e. The summed E-state index contributed by atoms with van der Waals surface area (Å²) in [6.45, 7) is 12.8. The number of urea groups is 1. The van der Waals surface area contributed by atoms with Crippen molar-refractivity contribution in [3.63, 3.8) is 0 Å². The lowest BCUT2D eigenvalue weighted by Gasteiger charge is -2.48. The van der Waals surface area contributed by atoms with Gasteiger partial charge >= 0.3 is 6.03 Å². The number of aliphatic hydroxyl groups is 1. The lowest BCUT2D eigenvalue weighted by atomic mass is 9.83. The molecule has 2 aromatic rings. The second-order valence-corrected chi connectivity index (χ2v) is 16.7. The first-order valence-electron chi connectivity index (χ1n) is 12.1. The molecule has 2 aliphatic rings. The number of rotatable bonds is 6. The highest BCUT2D eigenvalue weighted by Gasteiger charge is 2.54. The van der Waals surface area contributed by atoms with E-state index in [0.29, 0.717) is 12.4 Å². The van der Waals surface area contributed by atoms with Crippen molar-refractivity contribution in [2.24, 2.45) is 0 Å². The summed E-state index contributed by atoms with van der Waals surface area (Å²) in [5, 5.41) is 23.3. The molecule has 1 fully saturated rings. The predicted molar refractivity (Wildman–Crippen MR) is 135 cm³/mol. The average Bonchev–Trinajstić information content (AvgIpc) is 3.23. The molecular formula is C25H37N5O3Si. The highest BCUT2D eigenvalue weighted by molar-refractivity contribution is 6.83. The molecule has 0 spiro atoms. The number of hydrogen-bond donors (Lipinski definition) is 4. The average molecular weight is 484 g/mol. The zero-order valence-corrected chi connectivity index (χ0v) is 22.1. The fraction of sp³-hybridized carbons (Fsp3) is 0.560. The number of nitrogens with one attached hydrogen (secondary N) is 3. The number of amides is 3. The van der Waals surface area contributed by atoms with E-state index in [-0.39, 0.29) is 23.6 Å². The van der Waals surface area contributed by atoms with Crippen LogP contribution in [-0.4, -0.2) is 46.8 Å². The van der Waals surface area contributed by atoms with Crippen molar-refractivity contribution in [2.75, 3.05) is 11.9 Å². The number of benzene rings is 1. The summed E-state index contributed by atoms with van der Waals surface area (Å²) in [5.41, 5.74) is 2.92. The van der Waals surface area contributed by atoms with E-state index >= 15 is 0 Å². The zero-order valence-electron chi connectivity index (χ0n) is 21.1. The molecule has 0 unspecified atom stereocenters. The van der Waals surface area contributed by atoms with Crippen LogP contribution < -0.4 is 10.6 Å². The van der Waals surface area contributed by atoms with Gasteiger partial charge < -0.3 is 20.6 Å². The molecule has 1 aromatic carbocycles. The number of H-pyrrole nitrogens is 1. The van der Waals surface area contributed by atoms with Crippen LogP contribution >= 0.6 is 0 Å². The first-order valence-corrected chi connectivity index (χ1v) is 15.6. The van der Waals surface area contributed by atoms with E-state index in [1.807, 2.05) is 45.0 Å². The Morgan fingerprint density at radius 1 is 1.24 bits per heavy atom. The molecule has 184 valence electrons. The molecule has 1 aliphatic carbocycles. The van der Waals surface area contributed by atoms with E-state index in [1.54, 1.807) is 4.90 Å².